The van der Waals surface area contributed by atoms with Gasteiger partial charge in [-0.3, -0.25) is 0 Å². The van der Waals surface area contributed by atoms with Crippen LogP contribution in [0, 0.1) is 0 Å². The van der Waals surface area contributed by atoms with Crippen molar-refractivity contribution >= 4 is 11.6 Å². The largest absolute Gasteiger partial charge is 0.454 e. The second-order valence-electron chi connectivity index (χ2n) is 3.83. The summed E-state index contributed by atoms with van der Waals surface area (Å²) in [6.45, 7) is 0.860. The SMILES string of the molecule is Nc1cnc(NCc2cccc3c2OCO3)cn1. The molecule has 0 spiro atoms. The van der Waals surface area contributed by atoms with Gasteiger partial charge in [0.2, 0.25) is 6.79 Å². The fourth-order valence-electron chi connectivity index (χ4n) is 1.74. The van der Waals surface area contributed by atoms with Crippen molar-refractivity contribution in [3.05, 3.63) is 36.2 Å². The number of anilines is 2. The maximum absolute atomic E-state index is 5.47. The fourth-order valence-corrected chi connectivity index (χ4v) is 1.74. The lowest BCUT2D eigenvalue weighted by Crippen LogP contribution is -2.03. The summed E-state index contributed by atoms with van der Waals surface area (Å²) >= 11 is 0. The van der Waals surface area contributed by atoms with Crippen molar-refractivity contribution in [3.8, 4) is 11.5 Å². The van der Waals surface area contributed by atoms with Crippen LogP contribution >= 0.6 is 0 Å². The van der Waals surface area contributed by atoms with Gasteiger partial charge in [-0.2, -0.15) is 0 Å². The number of ether oxygens (including phenoxy) is 2. The van der Waals surface area contributed by atoms with Gasteiger partial charge in [0.1, 0.15) is 11.6 Å². The minimum absolute atomic E-state index is 0.272. The monoisotopic (exact) mass is 244 g/mol. The molecule has 18 heavy (non-hydrogen) atoms. The summed E-state index contributed by atoms with van der Waals surface area (Å²) in [7, 11) is 0. The van der Waals surface area contributed by atoms with Gasteiger partial charge in [0.25, 0.3) is 0 Å². The van der Waals surface area contributed by atoms with Gasteiger partial charge in [0.15, 0.2) is 11.5 Å². The average Bonchev–Trinajstić information content (AvgIpc) is 2.87. The van der Waals surface area contributed by atoms with Gasteiger partial charge in [-0.05, 0) is 6.07 Å². The minimum Gasteiger partial charge on any atom is -0.454 e. The molecule has 0 atom stereocenters. The molecule has 1 aliphatic heterocycles. The third kappa shape index (κ3) is 2.00. The van der Waals surface area contributed by atoms with Crippen LogP contribution in [-0.4, -0.2) is 16.8 Å². The van der Waals surface area contributed by atoms with E-state index in [4.69, 9.17) is 15.2 Å². The first kappa shape index (κ1) is 10.6. The van der Waals surface area contributed by atoms with E-state index in [9.17, 15) is 0 Å². The normalized spacial score (nSPS) is 12.4. The van der Waals surface area contributed by atoms with E-state index in [1.54, 1.807) is 6.20 Å². The van der Waals surface area contributed by atoms with Gasteiger partial charge < -0.3 is 20.5 Å². The predicted molar refractivity (Wildman–Crippen MR) is 66.3 cm³/mol. The number of benzene rings is 1. The first-order valence-corrected chi connectivity index (χ1v) is 5.52. The zero-order valence-electron chi connectivity index (χ0n) is 9.59. The molecule has 3 rings (SSSR count). The number of hydrogen-bond donors (Lipinski definition) is 2. The van der Waals surface area contributed by atoms with Crippen LogP contribution in [0.1, 0.15) is 5.56 Å². The molecule has 1 aliphatic rings. The number of hydrogen-bond acceptors (Lipinski definition) is 6. The van der Waals surface area contributed by atoms with Crippen molar-refractivity contribution in [2.75, 3.05) is 17.8 Å². The van der Waals surface area contributed by atoms with E-state index in [-0.39, 0.29) is 6.79 Å². The number of aromatic nitrogens is 2. The maximum atomic E-state index is 5.47. The molecule has 92 valence electrons. The zero-order valence-corrected chi connectivity index (χ0v) is 9.59. The Balaban J connectivity index is 1.74. The molecule has 0 amide bonds. The summed E-state index contributed by atoms with van der Waals surface area (Å²) in [6, 6.07) is 5.79. The molecule has 0 radical (unpaired) electrons. The Morgan fingerprint density at radius 3 is 3.00 bits per heavy atom. The summed E-state index contributed by atoms with van der Waals surface area (Å²) in [4.78, 5) is 8.08. The number of fused-ring (bicyclic) bond motifs is 1. The van der Waals surface area contributed by atoms with Crippen LogP contribution in [0.25, 0.3) is 0 Å². The fraction of sp³-hybridized carbons (Fsp3) is 0.167. The van der Waals surface area contributed by atoms with E-state index in [0.717, 1.165) is 17.1 Å². The van der Waals surface area contributed by atoms with Crippen molar-refractivity contribution in [1.82, 2.24) is 9.97 Å². The molecule has 2 heterocycles. The number of nitrogens with one attached hydrogen (secondary N) is 1. The highest BCUT2D eigenvalue weighted by Crippen LogP contribution is 2.35. The van der Waals surface area contributed by atoms with Crippen LogP contribution in [0.5, 0.6) is 11.5 Å². The number of nitrogens with two attached hydrogens (primary N) is 1. The standard InChI is InChI=1S/C12H12N4O2/c13-10-5-16-11(6-14-10)15-4-8-2-1-3-9-12(8)18-7-17-9/h1-3,5-6H,4,7H2,(H2,13,14)(H,15,16). The highest BCUT2D eigenvalue weighted by molar-refractivity contribution is 5.49. The lowest BCUT2D eigenvalue weighted by atomic mass is 10.2. The first-order chi connectivity index (χ1) is 8.83. The van der Waals surface area contributed by atoms with Gasteiger partial charge in [-0.25, -0.2) is 9.97 Å². The van der Waals surface area contributed by atoms with Crippen molar-refractivity contribution < 1.29 is 9.47 Å². The van der Waals surface area contributed by atoms with Crippen LogP contribution in [-0.2, 0) is 6.54 Å². The van der Waals surface area contributed by atoms with Crippen LogP contribution < -0.4 is 20.5 Å². The van der Waals surface area contributed by atoms with Gasteiger partial charge >= 0.3 is 0 Å². The molecular formula is C12H12N4O2. The summed E-state index contributed by atoms with van der Waals surface area (Å²) in [5.74, 6) is 2.63. The minimum atomic E-state index is 0.272. The third-order valence-electron chi connectivity index (χ3n) is 2.61. The van der Waals surface area contributed by atoms with Gasteiger partial charge in [-0.1, -0.05) is 12.1 Å². The molecule has 2 aromatic rings. The van der Waals surface area contributed by atoms with E-state index < -0.39 is 0 Å². The Labute approximate surface area is 104 Å². The van der Waals surface area contributed by atoms with Gasteiger partial charge in [0, 0.05) is 12.1 Å². The highest BCUT2D eigenvalue weighted by Gasteiger charge is 2.16. The molecule has 1 aromatic carbocycles. The molecule has 6 heteroatoms. The molecule has 0 bridgehead atoms. The van der Waals surface area contributed by atoms with Crippen LogP contribution in [0.4, 0.5) is 11.6 Å². The number of rotatable bonds is 3. The van der Waals surface area contributed by atoms with Crippen molar-refractivity contribution in [3.63, 3.8) is 0 Å². The molecule has 1 aromatic heterocycles. The molecule has 0 saturated carbocycles. The Kier molecular flexibility index (Phi) is 2.60. The molecule has 0 saturated heterocycles. The molecule has 0 unspecified atom stereocenters. The van der Waals surface area contributed by atoms with E-state index in [0.29, 0.717) is 18.2 Å². The van der Waals surface area contributed by atoms with E-state index >= 15 is 0 Å². The summed E-state index contributed by atoms with van der Waals surface area (Å²) in [6.07, 6.45) is 3.10. The summed E-state index contributed by atoms with van der Waals surface area (Å²) in [5, 5.41) is 3.15. The zero-order chi connectivity index (χ0) is 12.4. The second kappa shape index (κ2) is 4.40. The molecule has 0 aliphatic carbocycles. The first-order valence-electron chi connectivity index (χ1n) is 5.52. The third-order valence-corrected chi connectivity index (χ3v) is 2.61. The Morgan fingerprint density at radius 1 is 1.22 bits per heavy atom. The quantitative estimate of drug-likeness (QED) is 0.849. The van der Waals surface area contributed by atoms with Crippen molar-refractivity contribution in [2.45, 2.75) is 6.54 Å². The van der Waals surface area contributed by atoms with Crippen molar-refractivity contribution in [2.24, 2.45) is 0 Å². The van der Waals surface area contributed by atoms with Crippen LogP contribution in [0.15, 0.2) is 30.6 Å². The topological polar surface area (TPSA) is 82.3 Å². The van der Waals surface area contributed by atoms with Crippen LogP contribution in [0.3, 0.4) is 0 Å². The van der Waals surface area contributed by atoms with E-state index in [1.165, 1.54) is 6.20 Å². The Hall–Kier alpha value is -2.50. The van der Waals surface area contributed by atoms with Crippen molar-refractivity contribution in [1.29, 1.82) is 0 Å². The second-order valence-corrected chi connectivity index (χ2v) is 3.83. The predicted octanol–water partition coefficient (Wildman–Crippen LogP) is 1.40. The van der Waals surface area contributed by atoms with Crippen LogP contribution in [0.2, 0.25) is 0 Å². The lowest BCUT2D eigenvalue weighted by molar-refractivity contribution is 0.173. The lowest BCUT2D eigenvalue weighted by Gasteiger charge is -2.07. The van der Waals surface area contributed by atoms with Gasteiger partial charge in [-0.15, -0.1) is 0 Å². The number of para-hydroxylation sites is 1. The number of nitrogens with zero attached hydrogens (tertiary/aromatic N) is 2. The average molecular weight is 244 g/mol. The van der Waals surface area contributed by atoms with Gasteiger partial charge in [0.05, 0.1) is 12.4 Å². The van der Waals surface area contributed by atoms with E-state index in [2.05, 4.69) is 15.3 Å². The summed E-state index contributed by atoms with van der Waals surface area (Å²) < 4.78 is 10.7. The molecular weight excluding hydrogens is 232 g/mol. The Bertz CT molecular complexity index is 557. The number of nitrogen functional groups attached to an aromatic ring is 1. The smallest absolute Gasteiger partial charge is 0.231 e. The highest BCUT2D eigenvalue weighted by atomic mass is 16.7. The Morgan fingerprint density at radius 2 is 2.17 bits per heavy atom. The molecule has 0 fully saturated rings. The maximum Gasteiger partial charge on any atom is 0.231 e. The van der Waals surface area contributed by atoms with E-state index in [1.807, 2.05) is 18.2 Å². The molecule has 3 N–H and O–H groups in total. The molecule has 6 nitrogen and oxygen atoms in total. The summed E-state index contributed by atoms with van der Waals surface area (Å²) in [5.41, 5.74) is 6.49.